The van der Waals surface area contributed by atoms with Crippen LogP contribution < -0.4 is 16.0 Å². The highest BCUT2D eigenvalue weighted by atomic mass is 32.2. The molecule has 0 bridgehead atoms. The summed E-state index contributed by atoms with van der Waals surface area (Å²) in [5.74, 6) is 0.566. The highest BCUT2D eigenvalue weighted by Gasteiger charge is 2.26. The average molecular weight is 478 g/mol. The number of thioether (sulfide) groups is 1. The Morgan fingerprint density at radius 1 is 1.15 bits per heavy atom. The highest BCUT2D eigenvalue weighted by Crippen LogP contribution is 2.28. The van der Waals surface area contributed by atoms with E-state index in [-0.39, 0.29) is 5.24 Å². The Morgan fingerprint density at radius 3 is 2.74 bits per heavy atom. The first kappa shape index (κ1) is 22.6. The second-order valence-corrected chi connectivity index (χ2v) is 9.58. The molecule has 1 atom stereocenters. The van der Waals surface area contributed by atoms with Gasteiger partial charge in [-0.15, -0.1) is 0 Å². The van der Waals surface area contributed by atoms with E-state index in [9.17, 15) is 9.90 Å². The lowest BCUT2D eigenvalue weighted by Gasteiger charge is -2.30. The van der Waals surface area contributed by atoms with Gasteiger partial charge in [-0.05, 0) is 66.8 Å². The molecule has 176 valence electrons. The number of aromatic nitrogens is 2. The maximum absolute atomic E-state index is 11.4. The van der Waals surface area contributed by atoms with Crippen LogP contribution in [-0.4, -0.2) is 38.6 Å². The monoisotopic (exact) mass is 477 g/mol. The number of benzene rings is 1. The van der Waals surface area contributed by atoms with Gasteiger partial charge in [0.1, 0.15) is 0 Å². The Balaban J connectivity index is 1.13. The number of rotatable bonds is 7. The number of anilines is 1. The summed E-state index contributed by atoms with van der Waals surface area (Å²) in [5, 5.41) is 19.2. The molecule has 1 saturated heterocycles. The van der Waals surface area contributed by atoms with Crippen molar-refractivity contribution in [2.45, 2.75) is 50.5 Å². The molecule has 3 heterocycles. The summed E-state index contributed by atoms with van der Waals surface area (Å²) in [6.07, 6.45) is 10.1. The van der Waals surface area contributed by atoms with Crippen LogP contribution in [0.2, 0.25) is 0 Å². The van der Waals surface area contributed by atoms with E-state index in [1.54, 1.807) is 30.9 Å². The highest BCUT2D eigenvalue weighted by molar-refractivity contribution is 8.17. The summed E-state index contributed by atoms with van der Waals surface area (Å²) in [6, 6.07) is 13.0. The van der Waals surface area contributed by atoms with Gasteiger partial charge in [0.2, 0.25) is 5.95 Å². The van der Waals surface area contributed by atoms with Crippen molar-refractivity contribution in [2.24, 2.45) is 0 Å². The third-order valence-corrected chi connectivity index (χ3v) is 7.07. The zero-order valence-corrected chi connectivity index (χ0v) is 19.4. The molecule has 1 saturated carbocycles. The van der Waals surface area contributed by atoms with Gasteiger partial charge in [0.25, 0.3) is 5.24 Å². The minimum absolute atomic E-state index is 0.263. The van der Waals surface area contributed by atoms with Crippen molar-refractivity contribution in [3.05, 3.63) is 71.3 Å². The number of furan rings is 1. The molecule has 5 rings (SSSR count). The number of aliphatic hydroxyl groups is 1. The van der Waals surface area contributed by atoms with Crippen LogP contribution in [0.3, 0.4) is 0 Å². The van der Waals surface area contributed by atoms with Crippen molar-refractivity contribution in [1.82, 2.24) is 20.6 Å². The first-order valence-corrected chi connectivity index (χ1v) is 12.3. The lowest BCUT2D eigenvalue weighted by Crippen LogP contribution is -2.37. The van der Waals surface area contributed by atoms with E-state index in [0.717, 1.165) is 49.6 Å². The van der Waals surface area contributed by atoms with E-state index in [1.807, 2.05) is 6.07 Å². The molecule has 2 aliphatic rings. The van der Waals surface area contributed by atoms with E-state index in [2.05, 4.69) is 50.2 Å². The van der Waals surface area contributed by atoms with Gasteiger partial charge in [0.15, 0.2) is 6.23 Å². The molecule has 1 aliphatic carbocycles. The average Bonchev–Trinajstić information content (AvgIpc) is 3.49. The summed E-state index contributed by atoms with van der Waals surface area (Å²) >= 11 is 0.982. The van der Waals surface area contributed by atoms with Crippen LogP contribution in [0.15, 0.2) is 64.4 Å². The minimum Gasteiger partial charge on any atom is -0.472 e. The SMILES string of the molecule is O=C1NC(O)/C(=C/c2ccnc(N[C@H]3CC[C@H](NCc4ccccc4-c4ccoc4)CC3)n2)S1. The number of carbonyl (C=O) groups excluding carboxylic acids is 1. The summed E-state index contributed by atoms with van der Waals surface area (Å²) in [4.78, 5) is 20.8. The van der Waals surface area contributed by atoms with Crippen LogP contribution in [0, 0.1) is 0 Å². The van der Waals surface area contributed by atoms with Gasteiger partial charge in [-0.25, -0.2) is 9.97 Å². The quantitative estimate of drug-likeness (QED) is 0.397. The van der Waals surface area contributed by atoms with Gasteiger partial charge in [-0.1, -0.05) is 24.3 Å². The largest absolute Gasteiger partial charge is 0.472 e. The molecular formula is C25H27N5O3S. The van der Waals surface area contributed by atoms with Crippen LogP contribution in [0.4, 0.5) is 10.7 Å². The first-order chi connectivity index (χ1) is 16.6. The lowest BCUT2D eigenvalue weighted by atomic mass is 9.91. The maximum Gasteiger partial charge on any atom is 0.285 e. The van der Waals surface area contributed by atoms with Crippen LogP contribution in [0.5, 0.6) is 0 Å². The van der Waals surface area contributed by atoms with Crippen LogP contribution in [0.25, 0.3) is 17.2 Å². The molecule has 34 heavy (non-hydrogen) atoms. The predicted molar refractivity (Wildman–Crippen MR) is 133 cm³/mol. The number of nitrogens with one attached hydrogen (secondary N) is 3. The van der Waals surface area contributed by atoms with Crippen LogP contribution in [-0.2, 0) is 6.54 Å². The van der Waals surface area contributed by atoms with Gasteiger partial charge >= 0.3 is 0 Å². The zero-order chi connectivity index (χ0) is 23.3. The first-order valence-electron chi connectivity index (χ1n) is 11.5. The molecule has 0 radical (unpaired) electrons. The van der Waals surface area contributed by atoms with Gasteiger partial charge in [0.05, 0.1) is 18.2 Å². The summed E-state index contributed by atoms with van der Waals surface area (Å²) in [6.45, 7) is 0.825. The molecule has 2 aromatic heterocycles. The second-order valence-electron chi connectivity index (χ2n) is 8.53. The number of hydrogen-bond donors (Lipinski definition) is 4. The molecule has 1 aromatic carbocycles. The normalized spacial score (nSPS) is 23.7. The summed E-state index contributed by atoms with van der Waals surface area (Å²) < 4.78 is 5.26. The smallest absolute Gasteiger partial charge is 0.285 e. The Labute approximate surface area is 202 Å². The van der Waals surface area contributed by atoms with Gasteiger partial charge in [-0.2, -0.15) is 0 Å². The Hall–Kier alpha value is -3.14. The van der Waals surface area contributed by atoms with Crippen LogP contribution in [0.1, 0.15) is 36.9 Å². The fraction of sp³-hybridized carbons (Fsp3) is 0.320. The van der Waals surface area contributed by atoms with E-state index in [0.29, 0.717) is 28.6 Å². The predicted octanol–water partition coefficient (Wildman–Crippen LogP) is 4.37. The van der Waals surface area contributed by atoms with E-state index >= 15 is 0 Å². The molecule has 4 N–H and O–H groups in total. The molecule has 1 unspecified atom stereocenters. The van der Waals surface area contributed by atoms with Crippen molar-refractivity contribution < 1.29 is 14.3 Å². The Bertz CT molecular complexity index is 1160. The Morgan fingerprint density at radius 2 is 1.97 bits per heavy atom. The fourth-order valence-electron chi connectivity index (χ4n) is 4.40. The second kappa shape index (κ2) is 10.4. The molecule has 1 amide bonds. The third kappa shape index (κ3) is 5.49. The maximum atomic E-state index is 11.4. The fourth-order valence-corrected chi connectivity index (χ4v) is 5.14. The van der Waals surface area contributed by atoms with Crippen molar-refractivity contribution in [3.8, 4) is 11.1 Å². The molecule has 1 aliphatic heterocycles. The number of hydrogen-bond acceptors (Lipinski definition) is 8. The minimum atomic E-state index is -0.974. The van der Waals surface area contributed by atoms with Crippen molar-refractivity contribution >= 4 is 29.0 Å². The molecule has 3 aromatic rings. The molecule has 2 fully saturated rings. The number of carbonyl (C=O) groups is 1. The molecule has 9 heteroatoms. The van der Waals surface area contributed by atoms with E-state index in [4.69, 9.17) is 4.42 Å². The zero-order valence-electron chi connectivity index (χ0n) is 18.6. The van der Waals surface area contributed by atoms with Gasteiger partial charge < -0.3 is 25.5 Å². The summed E-state index contributed by atoms with van der Waals surface area (Å²) in [5.41, 5.74) is 4.23. The molecule has 0 spiro atoms. The molecule has 8 nitrogen and oxygen atoms in total. The van der Waals surface area contributed by atoms with E-state index in [1.165, 1.54) is 11.1 Å². The van der Waals surface area contributed by atoms with Crippen molar-refractivity contribution in [1.29, 1.82) is 0 Å². The lowest BCUT2D eigenvalue weighted by molar-refractivity contribution is 0.192. The molecular weight excluding hydrogens is 450 g/mol. The number of amides is 1. The number of aliphatic hydroxyl groups excluding tert-OH is 1. The van der Waals surface area contributed by atoms with Crippen molar-refractivity contribution in [2.75, 3.05) is 5.32 Å². The third-order valence-electron chi connectivity index (χ3n) is 6.19. The van der Waals surface area contributed by atoms with Crippen LogP contribution >= 0.6 is 11.8 Å². The topological polar surface area (TPSA) is 112 Å². The standard InChI is InChI=1S/C25H27N5O3S/c31-23-22(34-25(32)30-23)13-20-9-11-26-24(29-20)28-19-7-5-18(6-8-19)27-14-16-3-1-2-4-21(16)17-10-12-33-15-17/h1-4,9-13,15,18-19,23,27,31H,5-8,14H2,(H,30,32)(H,26,28,29)/b22-13-/t18-,19-,23?. The van der Waals surface area contributed by atoms with Gasteiger partial charge in [0, 0.05) is 35.3 Å². The number of nitrogens with zero attached hydrogens (tertiary/aromatic N) is 2. The van der Waals surface area contributed by atoms with Crippen molar-refractivity contribution in [3.63, 3.8) is 0 Å². The van der Waals surface area contributed by atoms with E-state index < -0.39 is 6.23 Å². The summed E-state index contributed by atoms with van der Waals surface area (Å²) in [7, 11) is 0. The van der Waals surface area contributed by atoms with Gasteiger partial charge in [-0.3, -0.25) is 4.79 Å². The Kier molecular flexibility index (Phi) is 6.94.